The van der Waals surface area contributed by atoms with E-state index >= 15 is 0 Å². The lowest BCUT2D eigenvalue weighted by Crippen LogP contribution is -2.37. The Hall–Kier alpha value is -3.66. The van der Waals surface area contributed by atoms with Gasteiger partial charge < -0.3 is 25.1 Å². The molecule has 2 aromatic carbocycles. The van der Waals surface area contributed by atoms with Gasteiger partial charge in [0.05, 0.1) is 29.5 Å². The Bertz CT molecular complexity index is 1440. The lowest BCUT2D eigenvalue weighted by Gasteiger charge is -2.31. The van der Waals surface area contributed by atoms with E-state index in [4.69, 9.17) is 16.3 Å². The van der Waals surface area contributed by atoms with Gasteiger partial charge >= 0.3 is 12.1 Å². The zero-order valence-electron chi connectivity index (χ0n) is 20.3. The van der Waals surface area contributed by atoms with Gasteiger partial charge in [0.1, 0.15) is 18.0 Å². The van der Waals surface area contributed by atoms with Crippen LogP contribution in [0, 0.1) is 0 Å². The van der Waals surface area contributed by atoms with Crippen molar-refractivity contribution in [3.8, 4) is 0 Å². The Balaban J connectivity index is 1.64. The summed E-state index contributed by atoms with van der Waals surface area (Å²) < 4.78 is 69.0. The molecule has 0 spiro atoms. The number of anilines is 5. The number of rotatable bonds is 8. The van der Waals surface area contributed by atoms with Gasteiger partial charge in [-0.05, 0) is 46.9 Å². The van der Waals surface area contributed by atoms with E-state index in [0.717, 1.165) is 0 Å². The smallest absolute Gasteiger partial charge is 0.378 e. The summed E-state index contributed by atoms with van der Waals surface area (Å²) >= 11 is 5.92. The quantitative estimate of drug-likeness (QED) is 0.373. The second kappa shape index (κ2) is 11.6. The van der Waals surface area contributed by atoms with Crippen molar-refractivity contribution in [3.05, 3.63) is 59.9 Å². The van der Waals surface area contributed by atoms with Crippen LogP contribution in [0.3, 0.4) is 0 Å². The number of sulfonamides is 1. The monoisotopic (exact) mass is 586 g/mol. The van der Waals surface area contributed by atoms with Crippen molar-refractivity contribution < 1.29 is 36.0 Å². The minimum Gasteiger partial charge on any atom is -0.378 e. The van der Waals surface area contributed by atoms with Crippen LogP contribution in [0.25, 0.3) is 0 Å². The van der Waals surface area contributed by atoms with Gasteiger partial charge in [0.15, 0.2) is 0 Å². The minimum absolute atomic E-state index is 0.130. The summed E-state index contributed by atoms with van der Waals surface area (Å²) in [7, 11) is -3.96. The van der Waals surface area contributed by atoms with Crippen molar-refractivity contribution >= 4 is 56.3 Å². The van der Waals surface area contributed by atoms with Crippen molar-refractivity contribution in [2.45, 2.75) is 11.1 Å². The first-order valence-electron chi connectivity index (χ1n) is 11.3. The highest BCUT2D eigenvalue weighted by atomic mass is 35.5. The number of halogens is 4. The molecule has 39 heavy (non-hydrogen) atoms. The van der Waals surface area contributed by atoms with Gasteiger partial charge in [-0.3, -0.25) is 0 Å². The SMILES string of the molecule is CN(OC(=O)C(F)(F)F)S(=O)(=O)c1ccc(N2CCOCC2)c(Nc2cc(Nc3ccc(Cl)cc3)ncn2)c1. The maximum atomic E-state index is 12.9. The number of aromatic nitrogens is 2. The normalized spacial score (nSPS) is 14.3. The molecule has 1 fully saturated rings. The predicted molar refractivity (Wildman–Crippen MR) is 137 cm³/mol. The van der Waals surface area contributed by atoms with E-state index in [1.54, 1.807) is 30.3 Å². The predicted octanol–water partition coefficient (Wildman–Crippen LogP) is 4.09. The maximum Gasteiger partial charge on any atom is 0.492 e. The number of morpholine rings is 1. The lowest BCUT2D eigenvalue weighted by atomic mass is 10.2. The number of carbonyl (C=O) groups excluding carboxylic acids is 1. The van der Waals surface area contributed by atoms with Crippen molar-refractivity contribution in [2.75, 3.05) is 48.9 Å². The Morgan fingerprint density at radius 1 is 1.05 bits per heavy atom. The fourth-order valence-electron chi connectivity index (χ4n) is 3.53. The molecule has 3 aromatic rings. The van der Waals surface area contributed by atoms with Gasteiger partial charge in [0, 0.05) is 36.9 Å². The Labute approximate surface area is 226 Å². The van der Waals surface area contributed by atoms with Crippen LogP contribution in [-0.2, 0) is 24.4 Å². The van der Waals surface area contributed by atoms with Crippen LogP contribution in [-0.4, -0.2) is 68.4 Å². The van der Waals surface area contributed by atoms with Crippen molar-refractivity contribution in [1.29, 1.82) is 0 Å². The van der Waals surface area contributed by atoms with Crippen LogP contribution < -0.4 is 15.5 Å². The summed E-state index contributed by atoms with van der Waals surface area (Å²) in [6, 6.07) is 12.4. The molecule has 1 aromatic heterocycles. The molecule has 0 bridgehead atoms. The number of nitrogens with one attached hydrogen (secondary N) is 2. The van der Waals surface area contributed by atoms with E-state index in [2.05, 4.69) is 25.4 Å². The molecule has 1 aliphatic rings. The zero-order valence-corrected chi connectivity index (χ0v) is 21.8. The number of nitrogens with zero attached hydrogens (tertiary/aromatic N) is 4. The molecule has 2 N–H and O–H groups in total. The molecular formula is C23H22ClF3N6O5S. The summed E-state index contributed by atoms with van der Waals surface area (Å²) in [5.41, 5.74) is 1.59. The molecule has 0 atom stereocenters. The molecule has 0 radical (unpaired) electrons. The Morgan fingerprint density at radius 3 is 2.33 bits per heavy atom. The Morgan fingerprint density at radius 2 is 1.69 bits per heavy atom. The fourth-order valence-corrected chi connectivity index (χ4v) is 4.63. The van der Waals surface area contributed by atoms with E-state index in [0.29, 0.717) is 61.4 Å². The third-order valence-corrected chi connectivity index (χ3v) is 7.30. The molecule has 0 unspecified atom stereocenters. The van der Waals surface area contributed by atoms with Crippen molar-refractivity contribution in [2.24, 2.45) is 0 Å². The van der Waals surface area contributed by atoms with Crippen molar-refractivity contribution in [1.82, 2.24) is 14.4 Å². The van der Waals surface area contributed by atoms with E-state index in [1.165, 1.54) is 24.5 Å². The van der Waals surface area contributed by atoms with Gasteiger partial charge in [-0.15, -0.1) is 0 Å². The fraction of sp³-hybridized carbons (Fsp3) is 0.261. The molecule has 16 heteroatoms. The standard InChI is InChI=1S/C23H22ClF3N6O5S/c1-32(38-22(34)23(25,26)27)39(35,36)17-6-7-19(33-8-10-37-11-9-33)18(12-17)31-21-13-20(28-14-29-21)30-16-4-2-15(24)3-5-16/h2-7,12-14H,8-11H2,1H3,(H2,28,29,30,31). The number of hydroxylamine groups is 1. The highest BCUT2D eigenvalue weighted by Crippen LogP contribution is 2.33. The largest absolute Gasteiger partial charge is 0.492 e. The van der Waals surface area contributed by atoms with E-state index in [9.17, 15) is 26.4 Å². The number of alkyl halides is 3. The highest BCUT2D eigenvalue weighted by molar-refractivity contribution is 7.89. The van der Waals surface area contributed by atoms with Crippen LogP contribution in [0.4, 0.5) is 41.9 Å². The van der Waals surface area contributed by atoms with Gasteiger partial charge in [-0.1, -0.05) is 11.6 Å². The molecular weight excluding hydrogens is 565 g/mol. The molecule has 0 amide bonds. The number of benzene rings is 2. The topological polar surface area (TPSA) is 126 Å². The second-order valence-corrected chi connectivity index (χ2v) is 10.5. The molecule has 0 saturated carbocycles. The summed E-state index contributed by atoms with van der Waals surface area (Å²) in [5, 5.41) is 6.72. The summed E-state index contributed by atoms with van der Waals surface area (Å²) in [5.74, 6) is -1.95. The van der Waals surface area contributed by atoms with Gasteiger partial charge in [-0.25, -0.2) is 23.2 Å². The van der Waals surface area contributed by atoms with E-state index < -0.39 is 27.1 Å². The lowest BCUT2D eigenvalue weighted by molar-refractivity contribution is -0.219. The number of ether oxygens (including phenoxy) is 1. The van der Waals surface area contributed by atoms with Crippen LogP contribution in [0.2, 0.25) is 5.02 Å². The second-order valence-electron chi connectivity index (χ2n) is 8.12. The highest BCUT2D eigenvalue weighted by Gasteiger charge is 2.44. The van der Waals surface area contributed by atoms with Gasteiger partial charge in [-0.2, -0.15) is 13.2 Å². The van der Waals surface area contributed by atoms with E-state index in [1.807, 2.05) is 4.90 Å². The van der Waals surface area contributed by atoms with Gasteiger partial charge in [0.25, 0.3) is 10.0 Å². The van der Waals surface area contributed by atoms with Crippen LogP contribution in [0.1, 0.15) is 0 Å². The number of hydrogen-bond donors (Lipinski definition) is 2. The van der Waals surface area contributed by atoms with E-state index in [-0.39, 0.29) is 10.2 Å². The molecule has 1 saturated heterocycles. The molecule has 11 nitrogen and oxygen atoms in total. The third-order valence-electron chi connectivity index (χ3n) is 5.45. The minimum atomic E-state index is -5.37. The zero-order chi connectivity index (χ0) is 28.2. The summed E-state index contributed by atoms with van der Waals surface area (Å²) in [6.45, 7) is 1.91. The van der Waals surface area contributed by atoms with Crippen LogP contribution in [0.15, 0.2) is 59.8 Å². The Kier molecular flexibility index (Phi) is 8.44. The van der Waals surface area contributed by atoms with Gasteiger partial charge in [0.2, 0.25) is 0 Å². The van der Waals surface area contributed by atoms with Crippen LogP contribution in [0.5, 0.6) is 0 Å². The molecule has 208 valence electrons. The summed E-state index contributed by atoms with van der Waals surface area (Å²) in [4.78, 5) is 25.1. The average molecular weight is 587 g/mol. The number of carbonyl (C=O) groups is 1. The average Bonchev–Trinajstić information content (AvgIpc) is 2.90. The molecule has 2 heterocycles. The molecule has 4 rings (SSSR count). The molecule has 1 aliphatic heterocycles. The maximum absolute atomic E-state index is 12.9. The number of hydrogen-bond acceptors (Lipinski definition) is 10. The first kappa shape index (κ1) is 28.4. The molecule has 0 aliphatic carbocycles. The first-order chi connectivity index (χ1) is 18.4. The van der Waals surface area contributed by atoms with Crippen LogP contribution >= 0.6 is 11.6 Å². The first-order valence-corrected chi connectivity index (χ1v) is 13.1. The third kappa shape index (κ3) is 7.06. The van der Waals surface area contributed by atoms with Crippen molar-refractivity contribution in [3.63, 3.8) is 0 Å². The summed E-state index contributed by atoms with van der Waals surface area (Å²) in [6.07, 6.45) is -4.08.